The molecule has 7 nitrogen and oxygen atoms in total. The fourth-order valence-electron chi connectivity index (χ4n) is 4.66. The van der Waals surface area contributed by atoms with Gasteiger partial charge in [0, 0.05) is 37.4 Å². The van der Waals surface area contributed by atoms with Crippen molar-refractivity contribution < 1.29 is 14.3 Å². The summed E-state index contributed by atoms with van der Waals surface area (Å²) in [6.07, 6.45) is 2.80. The molecule has 1 aliphatic rings. The average Bonchev–Trinajstić information content (AvgIpc) is 3.57. The number of methoxy groups -OCH3 is 2. The highest BCUT2D eigenvalue weighted by atomic mass is 16.5. The maximum atomic E-state index is 13.5. The fourth-order valence-corrected chi connectivity index (χ4v) is 4.66. The molecule has 5 rings (SSSR count). The molecule has 0 radical (unpaired) electrons. The maximum Gasteiger partial charge on any atom is 0.272 e. The first kappa shape index (κ1) is 23.6. The van der Waals surface area contributed by atoms with Crippen LogP contribution >= 0.6 is 0 Å². The van der Waals surface area contributed by atoms with Crippen LogP contribution in [0.1, 0.15) is 22.5 Å². The number of nitrogens with one attached hydrogen (secondary N) is 1. The van der Waals surface area contributed by atoms with Gasteiger partial charge in [-0.25, -0.2) is 4.68 Å². The molecule has 1 fully saturated rings. The molecule has 4 aromatic rings. The largest absolute Gasteiger partial charge is 0.493 e. The van der Waals surface area contributed by atoms with Crippen molar-refractivity contribution in [1.29, 1.82) is 0 Å². The van der Waals surface area contributed by atoms with Crippen molar-refractivity contribution in [2.24, 2.45) is 0 Å². The van der Waals surface area contributed by atoms with E-state index in [0.717, 1.165) is 42.9 Å². The van der Waals surface area contributed by atoms with Gasteiger partial charge in [-0.05, 0) is 41.8 Å². The SMILES string of the molecule is COc1ccc(-c2cn(-c3ccccc3)nc2C(=O)NC2CCN(Cc3ccccc3)C2)cc1OC. The van der Waals surface area contributed by atoms with Crippen LogP contribution in [0.5, 0.6) is 11.5 Å². The normalized spacial score (nSPS) is 15.6. The van der Waals surface area contributed by atoms with Crippen LogP contribution in [-0.2, 0) is 6.54 Å². The Labute approximate surface area is 211 Å². The van der Waals surface area contributed by atoms with Crippen LogP contribution in [0, 0.1) is 0 Å². The van der Waals surface area contributed by atoms with Crippen molar-refractivity contribution in [2.75, 3.05) is 27.3 Å². The molecule has 1 saturated heterocycles. The number of carbonyl (C=O) groups excluding carboxylic acids is 1. The fraction of sp³-hybridized carbons (Fsp3) is 0.241. The predicted octanol–water partition coefficient (Wildman–Crippen LogP) is 4.56. The van der Waals surface area contributed by atoms with Crippen molar-refractivity contribution in [3.05, 3.63) is 96.3 Å². The third kappa shape index (κ3) is 5.11. The number of para-hydroxylation sites is 1. The van der Waals surface area contributed by atoms with Crippen LogP contribution in [0.25, 0.3) is 16.8 Å². The summed E-state index contributed by atoms with van der Waals surface area (Å²) in [6, 6.07) is 25.9. The van der Waals surface area contributed by atoms with Crippen LogP contribution in [0.3, 0.4) is 0 Å². The van der Waals surface area contributed by atoms with Gasteiger partial charge in [0.25, 0.3) is 5.91 Å². The van der Waals surface area contributed by atoms with E-state index >= 15 is 0 Å². The molecule has 36 heavy (non-hydrogen) atoms. The predicted molar refractivity (Wildman–Crippen MR) is 140 cm³/mol. The van der Waals surface area contributed by atoms with Crippen molar-refractivity contribution in [3.8, 4) is 28.3 Å². The maximum absolute atomic E-state index is 13.5. The molecular weight excluding hydrogens is 452 g/mol. The van der Waals surface area contributed by atoms with Crippen LogP contribution in [0.2, 0.25) is 0 Å². The lowest BCUT2D eigenvalue weighted by molar-refractivity contribution is 0.0933. The highest BCUT2D eigenvalue weighted by Crippen LogP contribution is 2.34. The number of ether oxygens (including phenoxy) is 2. The van der Waals surface area contributed by atoms with Gasteiger partial charge in [-0.3, -0.25) is 9.69 Å². The Kier molecular flexibility index (Phi) is 7.00. The van der Waals surface area contributed by atoms with Crippen LogP contribution < -0.4 is 14.8 Å². The Morgan fingerprint density at radius 1 is 0.972 bits per heavy atom. The summed E-state index contributed by atoms with van der Waals surface area (Å²) < 4.78 is 12.6. The number of nitrogens with zero attached hydrogens (tertiary/aromatic N) is 3. The van der Waals surface area contributed by atoms with Gasteiger partial charge >= 0.3 is 0 Å². The Balaban J connectivity index is 1.40. The number of hydrogen-bond donors (Lipinski definition) is 1. The lowest BCUT2D eigenvalue weighted by Crippen LogP contribution is -2.37. The second-order valence-electron chi connectivity index (χ2n) is 8.92. The highest BCUT2D eigenvalue weighted by molar-refractivity contribution is 5.99. The van der Waals surface area contributed by atoms with Gasteiger partial charge in [0.15, 0.2) is 17.2 Å². The molecule has 1 aromatic heterocycles. The number of carbonyl (C=O) groups is 1. The first-order valence-corrected chi connectivity index (χ1v) is 12.1. The lowest BCUT2D eigenvalue weighted by Gasteiger charge is -2.16. The second-order valence-corrected chi connectivity index (χ2v) is 8.92. The molecule has 1 N–H and O–H groups in total. The molecule has 1 amide bonds. The van der Waals surface area contributed by atoms with Gasteiger partial charge in [-0.1, -0.05) is 54.6 Å². The number of benzene rings is 3. The van der Waals surface area contributed by atoms with Crippen LogP contribution in [-0.4, -0.2) is 53.9 Å². The Hall–Kier alpha value is -4.10. The molecule has 0 bridgehead atoms. The first-order valence-electron chi connectivity index (χ1n) is 12.1. The van der Waals surface area contributed by atoms with Gasteiger partial charge in [-0.15, -0.1) is 0 Å². The molecule has 7 heteroatoms. The second kappa shape index (κ2) is 10.7. The minimum Gasteiger partial charge on any atom is -0.493 e. The molecule has 0 aliphatic carbocycles. The zero-order valence-corrected chi connectivity index (χ0v) is 20.6. The minimum atomic E-state index is -0.180. The third-order valence-corrected chi connectivity index (χ3v) is 6.50. The third-order valence-electron chi connectivity index (χ3n) is 6.50. The first-order chi connectivity index (χ1) is 17.6. The molecule has 3 aromatic carbocycles. The number of aromatic nitrogens is 2. The summed E-state index contributed by atoms with van der Waals surface area (Å²) in [5.41, 5.74) is 4.11. The number of rotatable bonds is 8. The standard InChI is InChI=1S/C29H30N4O3/c1-35-26-14-13-22(17-27(26)36-2)25-20-33(24-11-7-4-8-12-24)31-28(25)29(34)30-23-15-16-32(19-23)18-21-9-5-3-6-10-21/h3-14,17,20,23H,15-16,18-19H2,1-2H3,(H,30,34). The van der Waals surface area contributed by atoms with Gasteiger partial charge < -0.3 is 14.8 Å². The van der Waals surface area contributed by atoms with E-state index < -0.39 is 0 Å². The minimum absolute atomic E-state index is 0.0707. The van der Waals surface area contributed by atoms with Crippen molar-refractivity contribution >= 4 is 5.91 Å². The van der Waals surface area contributed by atoms with Gasteiger partial charge in [0.2, 0.25) is 0 Å². The van der Waals surface area contributed by atoms with Crippen molar-refractivity contribution in [3.63, 3.8) is 0 Å². The summed E-state index contributed by atoms with van der Waals surface area (Å²) in [5, 5.41) is 7.93. The van der Waals surface area contributed by atoms with Crippen LogP contribution in [0.4, 0.5) is 0 Å². The lowest BCUT2D eigenvalue weighted by atomic mass is 10.0. The Morgan fingerprint density at radius 3 is 2.42 bits per heavy atom. The number of likely N-dealkylation sites (tertiary alicyclic amines) is 1. The zero-order valence-electron chi connectivity index (χ0n) is 20.6. The Morgan fingerprint density at radius 2 is 1.69 bits per heavy atom. The topological polar surface area (TPSA) is 68.6 Å². The van der Waals surface area contributed by atoms with Crippen molar-refractivity contribution in [1.82, 2.24) is 20.0 Å². The summed E-state index contributed by atoms with van der Waals surface area (Å²) in [5.74, 6) is 1.05. The van der Waals surface area contributed by atoms with E-state index in [2.05, 4.69) is 34.5 Å². The summed E-state index contributed by atoms with van der Waals surface area (Å²) in [7, 11) is 3.20. The van der Waals surface area contributed by atoms with Gasteiger partial charge in [0.1, 0.15) is 0 Å². The van der Waals surface area contributed by atoms with E-state index in [4.69, 9.17) is 14.6 Å². The van der Waals surface area contributed by atoms with Crippen LogP contribution in [0.15, 0.2) is 85.1 Å². The summed E-state index contributed by atoms with van der Waals surface area (Å²) >= 11 is 0. The molecule has 1 aliphatic heterocycles. The molecule has 1 unspecified atom stereocenters. The average molecular weight is 483 g/mol. The molecular formula is C29H30N4O3. The quantitative estimate of drug-likeness (QED) is 0.399. The summed E-state index contributed by atoms with van der Waals surface area (Å²) in [6.45, 7) is 2.64. The number of hydrogen-bond acceptors (Lipinski definition) is 5. The van der Waals surface area contributed by atoms with E-state index in [1.165, 1.54) is 5.56 Å². The molecule has 0 spiro atoms. The molecule has 1 atom stereocenters. The van der Waals surface area contributed by atoms with E-state index in [-0.39, 0.29) is 11.9 Å². The molecule has 184 valence electrons. The van der Waals surface area contributed by atoms with E-state index in [1.807, 2.05) is 60.8 Å². The monoisotopic (exact) mass is 482 g/mol. The van der Waals surface area contributed by atoms with Gasteiger partial charge in [-0.2, -0.15) is 5.10 Å². The number of amides is 1. The smallest absolute Gasteiger partial charge is 0.272 e. The highest BCUT2D eigenvalue weighted by Gasteiger charge is 2.27. The van der Waals surface area contributed by atoms with E-state index in [9.17, 15) is 4.79 Å². The molecule has 2 heterocycles. The van der Waals surface area contributed by atoms with Gasteiger partial charge in [0.05, 0.1) is 19.9 Å². The summed E-state index contributed by atoms with van der Waals surface area (Å²) in [4.78, 5) is 15.9. The Bertz CT molecular complexity index is 1320. The van der Waals surface area contributed by atoms with E-state index in [1.54, 1.807) is 18.9 Å². The zero-order chi connectivity index (χ0) is 24.9. The van der Waals surface area contributed by atoms with Crippen molar-refractivity contribution in [2.45, 2.75) is 19.0 Å². The molecule has 0 saturated carbocycles. The van der Waals surface area contributed by atoms with E-state index in [0.29, 0.717) is 17.2 Å².